The van der Waals surface area contributed by atoms with Crippen molar-refractivity contribution in [1.82, 2.24) is 0 Å². The van der Waals surface area contributed by atoms with E-state index in [1.54, 1.807) is 0 Å². The lowest BCUT2D eigenvalue weighted by Crippen LogP contribution is -3.14. The number of carbonyl (C=O) groups excluding carboxylic acids is 1. The third-order valence-electron chi connectivity index (χ3n) is 0.936. The van der Waals surface area contributed by atoms with Gasteiger partial charge in [0.15, 0.2) is 12.8 Å². The van der Waals surface area contributed by atoms with E-state index in [0.29, 0.717) is 6.92 Å². The molecule has 13 heavy (non-hydrogen) atoms. The summed E-state index contributed by atoms with van der Waals surface area (Å²) < 4.78 is 32.0. The number of amides is 1. The van der Waals surface area contributed by atoms with Crippen molar-refractivity contribution in [3.63, 3.8) is 0 Å². The van der Waals surface area contributed by atoms with E-state index in [-0.39, 0.29) is 0 Å². The quantitative estimate of drug-likeness (QED) is 0.390. The fourth-order valence-corrected chi connectivity index (χ4v) is 1.15. The lowest BCUT2D eigenvalue weighted by molar-refractivity contribution is -0.799. The number of hydrogen-bond acceptors (Lipinski definition) is 3. The van der Waals surface area contributed by atoms with Crippen molar-refractivity contribution in [2.45, 2.75) is 6.92 Å². The molecule has 0 aromatic carbocycles. The van der Waals surface area contributed by atoms with Gasteiger partial charge in [0.25, 0.3) is 0 Å². The second-order valence-electron chi connectivity index (χ2n) is 2.17. The van der Waals surface area contributed by atoms with Gasteiger partial charge >= 0.3 is 20.9 Å². The number of carboxylic acid groups (broad SMARTS) is 1. The first kappa shape index (κ1) is 7.64. The number of rotatable bonds is 4. The summed E-state index contributed by atoms with van der Waals surface area (Å²) in [4.78, 5) is 36.5. The van der Waals surface area contributed by atoms with Crippen LogP contribution < -0.4 is 4.89 Å². The molecular weight excluding hydrogens is 201 g/mol. The van der Waals surface area contributed by atoms with E-state index in [9.17, 15) is 14.2 Å². The predicted octanol–water partition coefficient (Wildman–Crippen LogP) is -2.36. The minimum absolute atomic E-state index is 0.684. The third kappa shape index (κ3) is 6.41. The molecule has 0 aromatic rings. The maximum atomic E-state index is 11.0. The fraction of sp³-hybridized carbons (Fsp3) is 0.600. The molecule has 1 unspecified atom stereocenters. The van der Waals surface area contributed by atoms with Crippen LogP contribution in [0, 0.1) is 0 Å². The van der Waals surface area contributed by atoms with Gasteiger partial charge in [-0.1, -0.05) is 0 Å². The van der Waals surface area contributed by atoms with Gasteiger partial charge in [0, 0.05) is 0 Å². The Bertz CT molecular complexity index is 367. The van der Waals surface area contributed by atoms with Crippen LogP contribution in [0.25, 0.3) is 0 Å². The average molecular weight is 215 g/mol. The summed E-state index contributed by atoms with van der Waals surface area (Å²) >= 11 is 0. The van der Waals surface area contributed by atoms with Crippen molar-refractivity contribution in [3.05, 3.63) is 0 Å². The highest BCUT2D eigenvalue weighted by Gasteiger charge is 2.27. The van der Waals surface area contributed by atoms with E-state index in [2.05, 4.69) is 0 Å². The Kier molecular flexibility index (Phi) is 2.63. The number of carboxylic acids is 1. The summed E-state index contributed by atoms with van der Waals surface area (Å²) in [6.45, 7) is -2.75. The zero-order valence-corrected chi connectivity index (χ0v) is 7.56. The van der Waals surface area contributed by atoms with Gasteiger partial charge in [0.1, 0.15) is 2.74 Å². The Labute approximate surface area is 78.4 Å². The highest BCUT2D eigenvalue weighted by Crippen LogP contribution is 2.30. The van der Waals surface area contributed by atoms with Gasteiger partial charge in [-0.3, -0.25) is 9.46 Å². The fourth-order valence-electron chi connectivity index (χ4n) is 0.513. The first-order valence-electron chi connectivity index (χ1n) is 4.49. The molecule has 0 aromatic heterocycles. The van der Waals surface area contributed by atoms with Crippen LogP contribution in [0.4, 0.5) is 0 Å². The third-order valence-corrected chi connectivity index (χ3v) is 1.59. The minimum atomic E-state index is -4.92. The highest BCUT2D eigenvalue weighted by atomic mass is 31.2. The number of carbonyl (C=O) groups is 2. The van der Waals surface area contributed by atoms with Crippen LogP contribution in [0.5, 0.6) is 0 Å². The van der Waals surface area contributed by atoms with Crippen molar-refractivity contribution >= 4 is 19.5 Å². The molecule has 0 bridgehead atoms. The molecule has 4 N–H and O–H groups in total. The largest absolute Gasteiger partial charge is 0.477 e. The van der Waals surface area contributed by atoms with Gasteiger partial charge in [-0.05, 0) is 0 Å². The molecule has 0 rings (SSSR count). The lowest BCUT2D eigenvalue weighted by atomic mass is 10.5. The highest BCUT2D eigenvalue weighted by molar-refractivity contribution is 7.51. The molecule has 76 valence electrons. The van der Waals surface area contributed by atoms with Crippen molar-refractivity contribution < 1.29 is 38.1 Å². The molecule has 0 radical (unpaired) electrons. The summed E-state index contributed by atoms with van der Waals surface area (Å²) in [5.41, 5.74) is 0. The first-order valence-corrected chi connectivity index (χ1v) is 4.84. The smallest absolute Gasteiger partial charge is 0.379 e. The Morgan fingerprint density at radius 2 is 2.08 bits per heavy atom. The van der Waals surface area contributed by atoms with Gasteiger partial charge < -0.3 is 14.9 Å². The molecule has 0 saturated heterocycles. The Balaban J connectivity index is 5.54. The summed E-state index contributed by atoms with van der Waals surface area (Å²) in [5.74, 6) is -3.47. The monoisotopic (exact) mass is 215 g/mol. The maximum absolute atomic E-state index is 11.0. The van der Waals surface area contributed by atoms with Gasteiger partial charge in [-0.15, -0.1) is 0 Å². The van der Waals surface area contributed by atoms with E-state index >= 15 is 0 Å². The molecule has 0 saturated carbocycles. The molecule has 0 aliphatic heterocycles. The zero-order chi connectivity index (χ0) is 13.4. The van der Waals surface area contributed by atoms with Crippen molar-refractivity contribution in [3.8, 4) is 0 Å². The van der Waals surface area contributed by atoms with E-state index in [1.807, 2.05) is 0 Å². The second kappa shape index (κ2) is 4.48. The molecule has 1 atom stereocenters. The summed E-state index contributed by atoms with van der Waals surface area (Å²) in [6, 6.07) is 0. The molecule has 0 heterocycles. The SMILES string of the molecule is [2H]C([2H])(C(=O)O)[N+]([2H])(CP(=O)(O)O)C(C)=O. The molecule has 0 spiro atoms. The standard InChI is InChI=1S/C5H10NO6P/c1-4(7)6(2-5(8)9)3-13(10,11)12/h2-3H2,1H3,(H,8,9)(H2,10,11,12)/p+1/i2D2/hD. The maximum Gasteiger partial charge on any atom is 0.379 e. The Morgan fingerprint density at radius 3 is 2.31 bits per heavy atom. The zero-order valence-electron chi connectivity index (χ0n) is 9.67. The van der Waals surface area contributed by atoms with Crippen LogP contribution in [-0.4, -0.2) is 39.6 Å². The first-order chi connectivity index (χ1) is 6.84. The van der Waals surface area contributed by atoms with Crippen molar-refractivity contribution in [2.75, 3.05) is 12.8 Å². The van der Waals surface area contributed by atoms with Crippen LogP contribution in [-0.2, 0) is 14.2 Å². The molecule has 1 amide bonds. The molecule has 0 aliphatic rings. The summed E-state index contributed by atoms with van der Waals surface area (Å²) in [6.07, 6.45) is -1.54. The van der Waals surface area contributed by atoms with Gasteiger partial charge in [0.2, 0.25) is 0 Å². The minimum Gasteiger partial charge on any atom is -0.477 e. The van der Waals surface area contributed by atoms with Crippen LogP contribution in [0.15, 0.2) is 0 Å². The van der Waals surface area contributed by atoms with Crippen LogP contribution >= 0.6 is 7.60 Å². The van der Waals surface area contributed by atoms with Gasteiger partial charge in [-0.2, -0.15) is 0 Å². The number of nitrogens with one attached hydrogen (secondary N) is 1. The van der Waals surface area contributed by atoms with Gasteiger partial charge in [-0.25, -0.2) is 9.59 Å². The molecular formula is C5H11NO6P+. The summed E-state index contributed by atoms with van der Waals surface area (Å²) in [5, 5.41) is 8.51. The van der Waals surface area contributed by atoms with E-state index in [1.165, 1.54) is 0 Å². The van der Waals surface area contributed by atoms with Crippen molar-refractivity contribution in [2.24, 2.45) is 0 Å². The Morgan fingerprint density at radius 1 is 1.62 bits per heavy atom. The van der Waals surface area contributed by atoms with Crippen LogP contribution in [0.2, 0.25) is 1.41 Å². The molecule has 0 aliphatic carbocycles. The predicted molar refractivity (Wildman–Crippen MR) is 41.1 cm³/mol. The van der Waals surface area contributed by atoms with Crippen LogP contribution in [0.3, 0.4) is 0 Å². The molecule has 0 fully saturated rings. The van der Waals surface area contributed by atoms with E-state index in [4.69, 9.17) is 19.0 Å². The average Bonchev–Trinajstić information content (AvgIpc) is 1.99. The van der Waals surface area contributed by atoms with E-state index < -0.39 is 37.1 Å². The molecule has 8 heteroatoms. The summed E-state index contributed by atoms with van der Waals surface area (Å²) in [7, 11) is -4.92. The van der Waals surface area contributed by atoms with Crippen LogP contribution in [0.1, 0.15) is 9.67 Å². The van der Waals surface area contributed by atoms with Gasteiger partial charge in [0.05, 0.1) is 6.92 Å². The topological polar surface area (TPSA) is 116 Å². The second-order valence-corrected chi connectivity index (χ2v) is 3.78. The number of quaternary nitrogens is 1. The lowest BCUT2D eigenvalue weighted by Gasteiger charge is -2.13. The number of aliphatic carboxylic acids is 1. The Hall–Kier alpha value is -0.750. The number of hydrogen-bond donors (Lipinski definition) is 4. The van der Waals surface area contributed by atoms with Crippen molar-refractivity contribution in [1.29, 1.82) is 0 Å². The van der Waals surface area contributed by atoms with E-state index in [0.717, 1.165) is 0 Å². The molecule has 7 nitrogen and oxygen atoms in total. The normalized spacial score (nSPS) is 20.7.